The van der Waals surface area contributed by atoms with E-state index in [-0.39, 0.29) is 5.56 Å². The number of sulfonamides is 1. The summed E-state index contributed by atoms with van der Waals surface area (Å²) in [6, 6.07) is 14.0. The molecule has 0 aliphatic rings. The Morgan fingerprint density at radius 2 is 1.63 bits per heavy atom. The van der Waals surface area contributed by atoms with Crippen LogP contribution in [0.3, 0.4) is 0 Å². The van der Waals surface area contributed by atoms with Gasteiger partial charge in [-0.05, 0) is 38.1 Å². The molecule has 0 atom stereocenters. The van der Waals surface area contributed by atoms with Gasteiger partial charge in [0.1, 0.15) is 11.3 Å². The Morgan fingerprint density at radius 1 is 1.04 bits per heavy atom. The van der Waals surface area contributed by atoms with Gasteiger partial charge in [-0.1, -0.05) is 29.8 Å². The maximum atomic E-state index is 11.8. The number of nitrogens with one attached hydrogen (secondary N) is 1. The van der Waals surface area contributed by atoms with Gasteiger partial charge in [0, 0.05) is 11.3 Å². The van der Waals surface area contributed by atoms with Crippen LogP contribution in [-0.2, 0) is 10.0 Å². The molecular weight excluding hydrogens is 366 g/mol. The fraction of sp³-hybridized carbons (Fsp3) is 0.158. The zero-order chi connectivity index (χ0) is 19.8. The Bertz CT molecular complexity index is 1100. The first-order valence-electron chi connectivity index (χ1n) is 8.14. The van der Waals surface area contributed by atoms with Crippen molar-refractivity contribution in [3.8, 4) is 16.9 Å². The van der Waals surface area contributed by atoms with Gasteiger partial charge in [0.15, 0.2) is 0 Å². The van der Waals surface area contributed by atoms with E-state index in [4.69, 9.17) is 0 Å². The summed E-state index contributed by atoms with van der Waals surface area (Å²) >= 11 is 0. The van der Waals surface area contributed by atoms with Crippen LogP contribution in [0.1, 0.15) is 21.6 Å². The molecule has 140 valence electrons. The SMILES string of the molecule is Cc1ccc(-n2nc(-c3ccc(NS(C)(=O)=O)cc3)c(C(=O)O)c2C)cc1. The Hall–Kier alpha value is -3.13. The number of hydrogen-bond acceptors (Lipinski definition) is 4. The lowest BCUT2D eigenvalue weighted by Gasteiger charge is -2.05. The first-order valence-corrected chi connectivity index (χ1v) is 10.0. The molecule has 1 aromatic heterocycles. The third-order valence-corrected chi connectivity index (χ3v) is 4.68. The second-order valence-corrected chi connectivity index (χ2v) is 8.06. The predicted octanol–water partition coefficient (Wildman–Crippen LogP) is 3.23. The van der Waals surface area contributed by atoms with Crippen LogP contribution in [0, 0.1) is 13.8 Å². The van der Waals surface area contributed by atoms with E-state index >= 15 is 0 Å². The predicted molar refractivity (Wildman–Crippen MR) is 104 cm³/mol. The molecule has 0 aliphatic heterocycles. The van der Waals surface area contributed by atoms with Gasteiger partial charge in [-0.15, -0.1) is 0 Å². The summed E-state index contributed by atoms with van der Waals surface area (Å²) in [5.74, 6) is -1.07. The van der Waals surface area contributed by atoms with Crippen LogP contribution < -0.4 is 4.72 Å². The highest BCUT2D eigenvalue weighted by molar-refractivity contribution is 7.92. The minimum Gasteiger partial charge on any atom is -0.478 e. The molecule has 2 N–H and O–H groups in total. The number of rotatable bonds is 5. The average Bonchev–Trinajstić information content (AvgIpc) is 2.92. The van der Waals surface area contributed by atoms with Crippen molar-refractivity contribution >= 4 is 21.7 Å². The van der Waals surface area contributed by atoms with Gasteiger partial charge in [0.2, 0.25) is 10.0 Å². The number of hydrogen-bond donors (Lipinski definition) is 2. The van der Waals surface area contributed by atoms with Crippen LogP contribution in [0.2, 0.25) is 0 Å². The van der Waals surface area contributed by atoms with Crippen LogP contribution in [0.15, 0.2) is 48.5 Å². The molecule has 27 heavy (non-hydrogen) atoms. The molecule has 0 amide bonds. The number of benzene rings is 2. The monoisotopic (exact) mass is 385 g/mol. The third-order valence-electron chi connectivity index (χ3n) is 4.07. The van der Waals surface area contributed by atoms with Crippen LogP contribution >= 0.6 is 0 Å². The van der Waals surface area contributed by atoms with Crippen LogP contribution in [0.5, 0.6) is 0 Å². The van der Waals surface area contributed by atoms with E-state index in [9.17, 15) is 18.3 Å². The summed E-state index contributed by atoms with van der Waals surface area (Å²) < 4.78 is 26.6. The Morgan fingerprint density at radius 3 is 2.15 bits per heavy atom. The maximum absolute atomic E-state index is 11.8. The van der Waals surface area contributed by atoms with E-state index in [1.807, 2.05) is 31.2 Å². The van der Waals surface area contributed by atoms with Gasteiger partial charge in [-0.25, -0.2) is 17.9 Å². The summed E-state index contributed by atoms with van der Waals surface area (Å²) in [6.45, 7) is 3.68. The lowest BCUT2D eigenvalue weighted by molar-refractivity contribution is 0.0697. The van der Waals surface area contributed by atoms with Gasteiger partial charge in [0.05, 0.1) is 17.6 Å². The number of carboxylic acid groups (broad SMARTS) is 1. The van der Waals surface area contributed by atoms with Gasteiger partial charge in [-0.2, -0.15) is 5.10 Å². The molecule has 8 heteroatoms. The number of aromatic nitrogens is 2. The van der Waals surface area contributed by atoms with Crippen molar-refractivity contribution in [2.24, 2.45) is 0 Å². The highest BCUT2D eigenvalue weighted by Crippen LogP contribution is 2.28. The molecule has 0 aliphatic carbocycles. The minimum absolute atomic E-state index is 0.111. The standard InChI is InChI=1S/C19H19N3O4S/c1-12-4-10-16(11-5-12)22-13(2)17(19(23)24)18(20-22)14-6-8-15(9-7-14)21-27(3,25)26/h4-11,21H,1-3H3,(H,23,24). The Labute approximate surface area is 157 Å². The summed E-state index contributed by atoms with van der Waals surface area (Å²) in [4.78, 5) is 11.8. The van der Waals surface area contributed by atoms with Crippen molar-refractivity contribution in [1.82, 2.24) is 9.78 Å². The minimum atomic E-state index is -3.38. The first-order chi connectivity index (χ1) is 12.7. The summed E-state index contributed by atoms with van der Waals surface area (Å²) in [5, 5.41) is 14.2. The molecule has 3 aromatic rings. The molecule has 0 saturated carbocycles. The number of aryl methyl sites for hydroxylation is 1. The highest BCUT2D eigenvalue weighted by Gasteiger charge is 2.22. The summed E-state index contributed by atoms with van der Waals surface area (Å²) in [7, 11) is -3.38. The molecule has 0 fully saturated rings. The Kier molecular flexibility index (Phi) is 4.75. The van der Waals surface area contributed by atoms with Crippen LogP contribution in [0.25, 0.3) is 16.9 Å². The summed E-state index contributed by atoms with van der Waals surface area (Å²) in [5.41, 5.74) is 3.79. The van der Waals surface area contributed by atoms with Crippen molar-refractivity contribution in [2.45, 2.75) is 13.8 Å². The topological polar surface area (TPSA) is 101 Å². The molecule has 1 heterocycles. The third kappa shape index (κ3) is 4.01. The Balaban J connectivity index is 2.08. The largest absolute Gasteiger partial charge is 0.478 e. The van der Waals surface area contributed by atoms with Crippen LogP contribution in [-0.4, -0.2) is 35.5 Å². The van der Waals surface area contributed by atoms with E-state index in [1.54, 1.807) is 35.9 Å². The quantitative estimate of drug-likeness (QED) is 0.702. The first kappa shape index (κ1) is 18.7. The molecule has 3 rings (SSSR count). The molecule has 2 aromatic carbocycles. The summed E-state index contributed by atoms with van der Waals surface area (Å²) in [6.07, 6.45) is 1.07. The van der Waals surface area contributed by atoms with E-state index in [0.29, 0.717) is 22.6 Å². The van der Waals surface area contributed by atoms with Gasteiger partial charge < -0.3 is 5.11 Å². The maximum Gasteiger partial charge on any atom is 0.339 e. The lowest BCUT2D eigenvalue weighted by Crippen LogP contribution is -2.09. The van der Waals surface area contributed by atoms with Crippen molar-refractivity contribution in [2.75, 3.05) is 11.0 Å². The van der Waals surface area contributed by atoms with E-state index < -0.39 is 16.0 Å². The smallest absolute Gasteiger partial charge is 0.339 e. The van der Waals surface area contributed by atoms with E-state index in [2.05, 4.69) is 9.82 Å². The zero-order valence-corrected chi connectivity index (χ0v) is 15.9. The average molecular weight is 385 g/mol. The van der Waals surface area contributed by atoms with Crippen molar-refractivity contribution in [3.05, 3.63) is 65.4 Å². The van der Waals surface area contributed by atoms with Crippen LogP contribution in [0.4, 0.5) is 5.69 Å². The zero-order valence-electron chi connectivity index (χ0n) is 15.1. The van der Waals surface area contributed by atoms with Crippen molar-refractivity contribution in [3.63, 3.8) is 0 Å². The van der Waals surface area contributed by atoms with Gasteiger partial charge in [0.25, 0.3) is 0 Å². The second kappa shape index (κ2) is 6.88. The number of anilines is 1. The number of aromatic carboxylic acids is 1. The molecule has 0 unspecified atom stereocenters. The number of nitrogens with zero attached hydrogens (tertiary/aromatic N) is 2. The molecule has 0 radical (unpaired) electrons. The fourth-order valence-electron chi connectivity index (χ4n) is 2.81. The number of carbonyl (C=O) groups is 1. The molecule has 0 spiro atoms. The lowest BCUT2D eigenvalue weighted by atomic mass is 10.1. The van der Waals surface area contributed by atoms with Crippen molar-refractivity contribution < 1.29 is 18.3 Å². The molecule has 7 nitrogen and oxygen atoms in total. The molecular formula is C19H19N3O4S. The van der Waals surface area contributed by atoms with Gasteiger partial charge >= 0.3 is 5.97 Å². The van der Waals surface area contributed by atoms with Crippen molar-refractivity contribution in [1.29, 1.82) is 0 Å². The molecule has 0 bridgehead atoms. The van der Waals surface area contributed by atoms with E-state index in [0.717, 1.165) is 17.5 Å². The molecule has 0 saturated heterocycles. The van der Waals surface area contributed by atoms with Gasteiger partial charge in [-0.3, -0.25) is 4.72 Å². The van der Waals surface area contributed by atoms with E-state index in [1.165, 1.54) is 0 Å². The second-order valence-electron chi connectivity index (χ2n) is 6.31. The number of carboxylic acids is 1. The normalized spacial score (nSPS) is 11.4. The highest BCUT2D eigenvalue weighted by atomic mass is 32.2. The fourth-order valence-corrected chi connectivity index (χ4v) is 3.37.